The second-order valence-electron chi connectivity index (χ2n) is 19.5. The fraction of sp³-hybridized carbons (Fsp3) is 0. The first kappa shape index (κ1) is 60.0. The quantitative estimate of drug-likeness (QED) is 0.0314. The summed E-state index contributed by atoms with van der Waals surface area (Å²) in [6.45, 7) is 7.27. The van der Waals surface area contributed by atoms with Crippen molar-refractivity contribution >= 4 is 105 Å². The highest BCUT2D eigenvalue weighted by Gasteiger charge is 2.19. The number of benzene rings is 9. The normalized spacial score (nSPS) is 11.4. The highest BCUT2D eigenvalue weighted by molar-refractivity contribution is 5.98. The molecule has 0 spiro atoms. The number of hydrogen-bond acceptors (Lipinski definition) is 11. The number of aliphatic carboxylic acids is 4. The van der Waals surface area contributed by atoms with E-state index in [1.165, 1.54) is 30.4 Å². The number of allylic oxidation sites excluding steroid dienone is 1. The van der Waals surface area contributed by atoms with E-state index in [1.807, 2.05) is 166 Å². The van der Waals surface area contributed by atoms with E-state index in [1.54, 1.807) is 97.1 Å². The van der Waals surface area contributed by atoms with Crippen LogP contribution in [0.1, 0.15) is 27.8 Å². The molecule has 16 nitrogen and oxygen atoms in total. The molecule has 0 amide bonds. The lowest BCUT2D eigenvalue weighted by Gasteiger charge is -2.27. The highest BCUT2D eigenvalue weighted by atomic mass is 16.4. The number of nitrogens with zero attached hydrogens (tertiary/aromatic N) is 8. The fourth-order valence-electron chi connectivity index (χ4n) is 9.53. The van der Waals surface area contributed by atoms with Crippen molar-refractivity contribution in [3.63, 3.8) is 0 Å². The molecule has 0 saturated heterocycles. The molecule has 0 atom stereocenters. The third-order valence-corrected chi connectivity index (χ3v) is 13.9. The average molecular weight is 1160 g/mol. The molecule has 0 heterocycles. The number of carboxylic acids is 4. The van der Waals surface area contributed by atoms with Crippen molar-refractivity contribution in [1.82, 2.24) is 0 Å². The van der Waals surface area contributed by atoms with Crippen molar-refractivity contribution in [2.75, 3.05) is 14.7 Å². The predicted molar refractivity (Wildman–Crippen MR) is 342 cm³/mol. The minimum absolute atomic E-state index is 0.405. The van der Waals surface area contributed by atoms with Gasteiger partial charge in [-0.3, -0.25) is 4.79 Å². The van der Waals surface area contributed by atoms with E-state index in [-0.39, 0.29) is 0 Å². The van der Waals surface area contributed by atoms with Gasteiger partial charge in [-0.1, -0.05) is 109 Å². The molecule has 0 fully saturated rings. The van der Waals surface area contributed by atoms with Crippen LogP contribution in [0, 0.1) is 51.9 Å². The fourth-order valence-corrected chi connectivity index (χ4v) is 9.53. The summed E-state index contributed by atoms with van der Waals surface area (Å²) in [7, 11) is 0. The molecule has 0 aliphatic carbocycles. The summed E-state index contributed by atoms with van der Waals surface area (Å²) in [5, 5.41) is 75.1. The van der Waals surface area contributed by atoms with E-state index >= 15 is 0 Å². The van der Waals surface area contributed by atoms with Crippen LogP contribution in [0.25, 0.3) is 57.5 Å². The Balaban J connectivity index is 1.02. The van der Waals surface area contributed by atoms with Crippen molar-refractivity contribution in [1.29, 1.82) is 21.0 Å². The van der Waals surface area contributed by atoms with Crippen LogP contribution in [0.15, 0.2) is 247 Å². The summed E-state index contributed by atoms with van der Waals surface area (Å²) in [4.78, 5) is 55.6. The van der Waals surface area contributed by atoms with E-state index in [0.29, 0.717) is 33.6 Å². The molecule has 9 rings (SSSR count). The van der Waals surface area contributed by atoms with Crippen LogP contribution in [-0.2, 0) is 19.2 Å². The van der Waals surface area contributed by atoms with Gasteiger partial charge in [-0.2, -0.15) is 21.0 Å². The first-order valence-corrected chi connectivity index (χ1v) is 26.9. The topological polar surface area (TPSA) is 258 Å². The van der Waals surface area contributed by atoms with Crippen LogP contribution in [0.2, 0.25) is 0 Å². The van der Waals surface area contributed by atoms with Gasteiger partial charge in [0.1, 0.15) is 34.9 Å². The van der Waals surface area contributed by atoms with Gasteiger partial charge in [0, 0.05) is 57.3 Å². The lowest BCUT2D eigenvalue weighted by molar-refractivity contribution is -0.133. The largest absolute Gasteiger partial charge is 0.486 e. The first-order chi connectivity index (χ1) is 43.2. The monoisotopic (exact) mass is 1160 g/mol. The minimum atomic E-state index is -1.35. The molecule has 0 radical (unpaired) electrons. The SMILES string of the molecule is [C-]#[N+]C(=Cc1ccc(N(c2ccc(C=CC#N)cc2)c2ccc(-c3ccc(N(c4ccc(C=C(C#N)C(=O)O)cc4)c4ccc(-c5ccc(N(c6ccc(C=C(C#N)C(=O)O)cc6)c6ccc(C=C(C#N)C(=O)O)cc6)cc5)cc4)cc3)cc2)cc1)C(=O)O. The molecule has 0 aliphatic rings. The van der Waals surface area contributed by atoms with Crippen LogP contribution in [-0.4, -0.2) is 44.3 Å². The molecule has 426 valence electrons. The summed E-state index contributed by atoms with van der Waals surface area (Å²) in [5.74, 6) is -5.35. The third-order valence-electron chi connectivity index (χ3n) is 13.9. The Morgan fingerprint density at radius 2 is 0.539 bits per heavy atom. The molecular formula is C73H46N8O8. The Labute approximate surface area is 511 Å². The number of rotatable bonds is 20. The van der Waals surface area contributed by atoms with Gasteiger partial charge < -0.3 is 35.1 Å². The van der Waals surface area contributed by atoms with E-state index in [0.717, 1.165) is 67.6 Å². The Morgan fingerprint density at radius 3 is 0.730 bits per heavy atom. The van der Waals surface area contributed by atoms with Gasteiger partial charge in [0.15, 0.2) is 0 Å². The molecule has 0 aromatic heterocycles. The van der Waals surface area contributed by atoms with Gasteiger partial charge in [0.25, 0.3) is 5.70 Å². The number of anilines is 9. The van der Waals surface area contributed by atoms with Gasteiger partial charge in [-0.25, -0.2) is 19.2 Å². The lowest BCUT2D eigenvalue weighted by atomic mass is 10.0. The minimum Gasteiger partial charge on any atom is -0.486 e. The number of carboxylic acid groups (broad SMARTS) is 4. The van der Waals surface area contributed by atoms with E-state index in [2.05, 4.69) is 4.85 Å². The molecule has 0 unspecified atom stereocenters. The lowest BCUT2D eigenvalue weighted by Crippen LogP contribution is -2.10. The highest BCUT2D eigenvalue weighted by Crippen LogP contribution is 2.41. The maximum absolute atomic E-state index is 11.7. The molecular weight excluding hydrogens is 1120 g/mol. The van der Waals surface area contributed by atoms with Crippen molar-refractivity contribution < 1.29 is 39.6 Å². The summed E-state index contributed by atoms with van der Waals surface area (Å²) in [6.07, 6.45) is 8.29. The number of carbonyl (C=O) groups is 4. The summed E-state index contributed by atoms with van der Waals surface area (Å²) >= 11 is 0. The van der Waals surface area contributed by atoms with Crippen molar-refractivity contribution in [3.8, 4) is 46.5 Å². The summed E-state index contributed by atoms with van der Waals surface area (Å²) < 4.78 is 0. The number of nitriles is 4. The Morgan fingerprint density at radius 1 is 0.326 bits per heavy atom. The Kier molecular flexibility index (Phi) is 18.7. The predicted octanol–water partition coefficient (Wildman–Crippen LogP) is 16.3. The second kappa shape index (κ2) is 27.7. The maximum atomic E-state index is 11.7. The standard InChI is InChI=1S/C73H46N8O8/c1-78-69(73(88)89)44-52-12-30-64(31-13-52)79(60-22-4-48(5-23-60)3-2-40-74)65-32-14-53(15-33-65)55-18-36-67(37-19-55)81(63-28-10-51(11-29-63)43-59(47-77)72(86)87)68-38-20-56(21-39-68)54-16-34-66(35-17-54)80(61-24-6-49(7-25-61)41-57(45-75)70(82)83)62-26-8-50(9-27-62)42-58(46-76)71(84)85/h2-39,41-44H,(H,82,83)(H,84,85)(H,86,87)(H,88,89). The van der Waals surface area contributed by atoms with Gasteiger partial charge in [0.2, 0.25) is 0 Å². The van der Waals surface area contributed by atoms with Crippen LogP contribution < -0.4 is 14.7 Å². The molecule has 9 aromatic rings. The zero-order valence-corrected chi connectivity index (χ0v) is 46.7. The molecule has 0 saturated carbocycles. The van der Waals surface area contributed by atoms with Crippen molar-refractivity contribution in [2.45, 2.75) is 0 Å². The molecule has 9 aromatic carbocycles. The Hall–Kier alpha value is -13.6. The van der Waals surface area contributed by atoms with Gasteiger partial charge in [-0.05, 0) is 190 Å². The second-order valence-corrected chi connectivity index (χ2v) is 19.5. The van der Waals surface area contributed by atoms with Crippen LogP contribution >= 0.6 is 0 Å². The van der Waals surface area contributed by atoms with E-state index < -0.39 is 46.3 Å². The zero-order valence-electron chi connectivity index (χ0n) is 46.7. The molecule has 0 aliphatic heterocycles. The maximum Gasteiger partial charge on any atom is 0.346 e. The van der Waals surface area contributed by atoms with E-state index in [4.69, 9.17) is 11.8 Å². The van der Waals surface area contributed by atoms with Gasteiger partial charge >= 0.3 is 23.9 Å². The van der Waals surface area contributed by atoms with E-state index in [9.17, 15) is 55.4 Å². The molecule has 16 heteroatoms. The molecule has 89 heavy (non-hydrogen) atoms. The third kappa shape index (κ3) is 14.4. The van der Waals surface area contributed by atoms with Crippen molar-refractivity contribution in [3.05, 3.63) is 286 Å². The molecule has 0 bridgehead atoms. The van der Waals surface area contributed by atoms with Crippen LogP contribution in [0.3, 0.4) is 0 Å². The summed E-state index contributed by atoms with van der Waals surface area (Å²) in [5.41, 5.74) is 11.7. The Bertz CT molecular complexity index is 4450. The average Bonchev–Trinajstić information content (AvgIpc) is 2.26. The van der Waals surface area contributed by atoms with Gasteiger partial charge in [-0.15, -0.1) is 0 Å². The zero-order chi connectivity index (χ0) is 63.0. The van der Waals surface area contributed by atoms with Crippen molar-refractivity contribution in [2.24, 2.45) is 0 Å². The van der Waals surface area contributed by atoms with Crippen LogP contribution in [0.4, 0.5) is 51.2 Å². The number of hydrogen-bond donors (Lipinski definition) is 4. The van der Waals surface area contributed by atoms with Crippen LogP contribution in [0.5, 0.6) is 0 Å². The molecule has 4 N–H and O–H groups in total. The first-order valence-electron chi connectivity index (χ1n) is 26.9. The van der Waals surface area contributed by atoms with Gasteiger partial charge in [0.05, 0.1) is 12.6 Å². The smallest absolute Gasteiger partial charge is 0.346 e. The summed E-state index contributed by atoms with van der Waals surface area (Å²) in [6, 6.07) is 74.8.